The summed E-state index contributed by atoms with van der Waals surface area (Å²) in [5.74, 6) is 0. The Balaban J connectivity index is 3.71. The highest BCUT2D eigenvalue weighted by Crippen LogP contribution is 2.35. The Labute approximate surface area is 88.9 Å². The van der Waals surface area contributed by atoms with Crippen LogP contribution in [0.2, 0.25) is 0 Å². The molecule has 2 N–H and O–H groups in total. The number of carbonyl (C=O) groups excluding carboxylic acids is 1. The minimum Gasteiger partial charge on any atom is -0.298 e. The van der Waals surface area contributed by atoms with E-state index in [-0.39, 0.29) is 6.29 Å². The van der Waals surface area contributed by atoms with Crippen LogP contribution in [0.4, 0.5) is 13.2 Å². The van der Waals surface area contributed by atoms with Crippen molar-refractivity contribution >= 4 is 16.3 Å². The molecule has 0 saturated carbocycles. The number of carbonyl (C=O) groups is 1. The third-order valence-corrected chi connectivity index (χ3v) is 2.73. The summed E-state index contributed by atoms with van der Waals surface area (Å²) in [5, 5.41) is 4.63. The topological polar surface area (TPSA) is 77.2 Å². The van der Waals surface area contributed by atoms with Crippen LogP contribution in [0.15, 0.2) is 23.1 Å². The summed E-state index contributed by atoms with van der Waals surface area (Å²) in [5.41, 5.74) is -2.30. The Bertz CT molecular complexity index is 522. The first-order chi connectivity index (χ1) is 7.18. The third-order valence-electron chi connectivity index (χ3n) is 1.78. The summed E-state index contributed by atoms with van der Waals surface area (Å²) < 4.78 is 59.5. The first-order valence-electron chi connectivity index (χ1n) is 3.86. The highest BCUT2D eigenvalue weighted by Gasteiger charge is 2.38. The minimum absolute atomic E-state index is 0.0719. The fourth-order valence-corrected chi connectivity index (χ4v) is 1.97. The summed E-state index contributed by atoms with van der Waals surface area (Å²) in [7, 11) is -4.53. The van der Waals surface area contributed by atoms with Gasteiger partial charge < -0.3 is 0 Å². The molecule has 4 nitrogen and oxygen atoms in total. The molecule has 0 heterocycles. The van der Waals surface area contributed by atoms with Gasteiger partial charge in [0.2, 0.25) is 10.0 Å². The molecule has 0 radical (unpaired) electrons. The van der Waals surface area contributed by atoms with Gasteiger partial charge in [-0.2, -0.15) is 13.2 Å². The second kappa shape index (κ2) is 3.87. The standard InChI is InChI=1S/C8H6F3NO3S/c9-8(10,11)7-5(4-13)2-1-3-6(7)16(12,14)15/h1-4H,(H2,12,14,15). The van der Waals surface area contributed by atoms with Crippen molar-refractivity contribution in [1.82, 2.24) is 0 Å². The zero-order chi connectivity index (χ0) is 12.6. The molecule has 0 fully saturated rings. The van der Waals surface area contributed by atoms with Crippen molar-refractivity contribution < 1.29 is 26.4 Å². The van der Waals surface area contributed by atoms with E-state index in [1.807, 2.05) is 0 Å². The lowest BCUT2D eigenvalue weighted by Gasteiger charge is -2.13. The smallest absolute Gasteiger partial charge is 0.298 e. The molecule has 88 valence electrons. The van der Waals surface area contributed by atoms with E-state index in [1.165, 1.54) is 0 Å². The van der Waals surface area contributed by atoms with Gasteiger partial charge in [0.05, 0.1) is 10.5 Å². The SMILES string of the molecule is NS(=O)(=O)c1cccc(C=O)c1C(F)(F)F. The normalized spacial score (nSPS) is 12.5. The molecule has 0 aromatic heterocycles. The average molecular weight is 253 g/mol. The Hall–Kier alpha value is -1.41. The molecule has 0 aliphatic rings. The molecule has 16 heavy (non-hydrogen) atoms. The van der Waals surface area contributed by atoms with Crippen LogP contribution in [0.1, 0.15) is 15.9 Å². The van der Waals surface area contributed by atoms with Crippen molar-refractivity contribution in [3.8, 4) is 0 Å². The van der Waals surface area contributed by atoms with E-state index in [2.05, 4.69) is 5.14 Å². The van der Waals surface area contributed by atoms with E-state index in [1.54, 1.807) is 0 Å². The number of rotatable bonds is 2. The van der Waals surface area contributed by atoms with E-state index in [4.69, 9.17) is 0 Å². The second-order valence-electron chi connectivity index (χ2n) is 2.88. The third kappa shape index (κ3) is 2.39. The molecule has 0 amide bonds. The first-order valence-corrected chi connectivity index (χ1v) is 5.40. The van der Waals surface area contributed by atoms with Crippen LogP contribution in [-0.2, 0) is 16.2 Å². The van der Waals surface area contributed by atoms with Crippen LogP contribution in [-0.4, -0.2) is 14.7 Å². The molecule has 0 bridgehead atoms. The number of halogens is 3. The molecule has 8 heteroatoms. The van der Waals surface area contributed by atoms with Gasteiger partial charge in [-0.1, -0.05) is 12.1 Å². The first kappa shape index (κ1) is 12.7. The van der Waals surface area contributed by atoms with Gasteiger partial charge in [-0.3, -0.25) is 4.79 Å². The quantitative estimate of drug-likeness (QED) is 0.803. The Morgan fingerprint density at radius 1 is 1.25 bits per heavy atom. The van der Waals surface area contributed by atoms with Crippen molar-refractivity contribution in [2.75, 3.05) is 0 Å². The van der Waals surface area contributed by atoms with Gasteiger partial charge in [0.1, 0.15) is 0 Å². The van der Waals surface area contributed by atoms with Gasteiger partial charge in [0.25, 0.3) is 0 Å². The molecule has 0 aliphatic heterocycles. The molecular weight excluding hydrogens is 247 g/mol. The largest absolute Gasteiger partial charge is 0.418 e. The fourth-order valence-electron chi connectivity index (χ4n) is 1.19. The molecule has 0 aliphatic carbocycles. The van der Waals surface area contributed by atoms with E-state index < -0.39 is 32.2 Å². The molecular formula is C8H6F3NO3S. The van der Waals surface area contributed by atoms with Gasteiger partial charge in [-0.05, 0) is 6.07 Å². The predicted octanol–water partition coefficient (Wildman–Crippen LogP) is 1.17. The molecule has 0 atom stereocenters. The maximum absolute atomic E-state index is 12.5. The van der Waals surface area contributed by atoms with E-state index in [9.17, 15) is 26.4 Å². The van der Waals surface area contributed by atoms with Crippen LogP contribution in [0.25, 0.3) is 0 Å². The van der Waals surface area contributed by atoms with Gasteiger partial charge >= 0.3 is 6.18 Å². The summed E-state index contributed by atoms with van der Waals surface area (Å²) in [6.07, 6.45) is -5.03. The van der Waals surface area contributed by atoms with Gasteiger partial charge in [0, 0.05) is 5.56 Å². The van der Waals surface area contributed by atoms with Crippen molar-refractivity contribution in [3.63, 3.8) is 0 Å². The van der Waals surface area contributed by atoms with E-state index in [0.29, 0.717) is 6.07 Å². The summed E-state index contributed by atoms with van der Waals surface area (Å²) >= 11 is 0. The highest BCUT2D eigenvalue weighted by atomic mass is 32.2. The number of hydrogen-bond donors (Lipinski definition) is 1. The molecule has 0 spiro atoms. The van der Waals surface area contributed by atoms with Crippen LogP contribution in [0, 0.1) is 0 Å². The summed E-state index contributed by atoms with van der Waals surface area (Å²) in [4.78, 5) is 9.31. The maximum atomic E-state index is 12.5. The lowest BCUT2D eigenvalue weighted by atomic mass is 10.1. The number of nitrogens with two attached hydrogens (primary N) is 1. The predicted molar refractivity (Wildman–Crippen MR) is 48.2 cm³/mol. The fraction of sp³-hybridized carbons (Fsp3) is 0.125. The van der Waals surface area contributed by atoms with Crippen LogP contribution < -0.4 is 5.14 Å². The molecule has 1 aromatic rings. The zero-order valence-electron chi connectivity index (χ0n) is 7.65. The van der Waals surface area contributed by atoms with Crippen LogP contribution in [0.5, 0.6) is 0 Å². The van der Waals surface area contributed by atoms with Crippen molar-refractivity contribution in [2.45, 2.75) is 11.1 Å². The average Bonchev–Trinajstić information content (AvgIpc) is 2.13. The molecule has 1 rings (SSSR count). The number of benzene rings is 1. The monoisotopic (exact) mass is 253 g/mol. The minimum atomic E-state index is -4.96. The van der Waals surface area contributed by atoms with Gasteiger partial charge in [-0.15, -0.1) is 0 Å². The molecule has 1 aromatic carbocycles. The Morgan fingerprint density at radius 2 is 1.81 bits per heavy atom. The summed E-state index contributed by atoms with van der Waals surface area (Å²) in [6.45, 7) is 0. The van der Waals surface area contributed by atoms with Crippen LogP contribution >= 0.6 is 0 Å². The number of sulfonamides is 1. The van der Waals surface area contributed by atoms with Crippen molar-refractivity contribution in [1.29, 1.82) is 0 Å². The number of alkyl halides is 3. The van der Waals surface area contributed by atoms with Crippen molar-refractivity contribution in [3.05, 3.63) is 29.3 Å². The second-order valence-corrected chi connectivity index (χ2v) is 4.41. The number of hydrogen-bond acceptors (Lipinski definition) is 3. The summed E-state index contributed by atoms with van der Waals surface area (Å²) in [6, 6.07) is 2.58. The van der Waals surface area contributed by atoms with Gasteiger partial charge in [0.15, 0.2) is 6.29 Å². The Kier molecular flexibility index (Phi) is 3.06. The molecule has 0 saturated heterocycles. The van der Waals surface area contributed by atoms with Crippen molar-refractivity contribution in [2.24, 2.45) is 5.14 Å². The van der Waals surface area contributed by atoms with Crippen LogP contribution in [0.3, 0.4) is 0 Å². The van der Waals surface area contributed by atoms with E-state index >= 15 is 0 Å². The Morgan fingerprint density at radius 3 is 2.19 bits per heavy atom. The number of aldehydes is 1. The highest BCUT2D eigenvalue weighted by molar-refractivity contribution is 7.89. The molecule has 0 unspecified atom stereocenters. The van der Waals surface area contributed by atoms with E-state index in [0.717, 1.165) is 12.1 Å². The lowest BCUT2D eigenvalue weighted by molar-refractivity contribution is -0.140. The zero-order valence-corrected chi connectivity index (χ0v) is 8.47. The number of primary sulfonamides is 1. The lowest BCUT2D eigenvalue weighted by Crippen LogP contribution is -2.20. The van der Waals surface area contributed by atoms with Gasteiger partial charge in [-0.25, -0.2) is 13.6 Å². The maximum Gasteiger partial charge on any atom is 0.418 e.